The van der Waals surface area contributed by atoms with E-state index in [4.69, 9.17) is 4.74 Å². The average molecular weight is 396 g/mol. The lowest BCUT2D eigenvalue weighted by Crippen LogP contribution is -2.42. The number of benzene rings is 1. The first-order chi connectivity index (χ1) is 12.8. The van der Waals surface area contributed by atoms with E-state index in [-0.39, 0.29) is 10.8 Å². The number of likely N-dealkylation sites (tertiary alicyclic amines) is 1. The maximum atomic E-state index is 12.6. The number of nitrogens with zero attached hydrogens (tertiary/aromatic N) is 2. The summed E-state index contributed by atoms with van der Waals surface area (Å²) in [4.78, 5) is 14.8. The van der Waals surface area contributed by atoms with Crippen LogP contribution in [0.15, 0.2) is 29.2 Å². The highest BCUT2D eigenvalue weighted by Crippen LogP contribution is 2.21. The molecule has 1 N–H and O–H groups in total. The van der Waals surface area contributed by atoms with Gasteiger partial charge in [-0.1, -0.05) is 13.8 Å². The Morgan fingerprint density at radius 3 is 2.30 bits per heavy atom. The minimum atomic E-state index is -3.51. The second-order valence-corrected chi connectivity index (χ2v) is 9.67. The van der Waals surface area contributed by atoms with Crippen LogP contribution in [0, 0.1) is 11.8 Å². The molecule has 2 fully saturated rings. The molecule has 1 amide bonds. The van der Waals surface area contributed by atoms with Crippen LogP contribution in [0.25, 0.3) is 0 Å². The Hall–Kier alpha value is -1.48. The Bertz CT molecular complexity index is 735. The van der Waals surface area contributed by atoms with Crippen LogP contribution >= 0.6 is 0 Å². The molecule has 0 aromatic heterocycles. The first kappa shape index (κ1) is 20.3. The first-order valence-corrected chi connectivity index (χ1v) is 11.0. The van der Waals surface area contributed by atoms with Gasteiger partial charge in [-0.25, -0.2) is 8.42 Å². The number of anilines is 1. The van der Waals surface area contributed by atoms with Crippen molar-refractivity contribution in [1.29, 1.82) is 0 Å². The normalized spacial score (nSPS) is 25.3. The van der Waals surface area contributed by atoms with Gasteiger partial charge in [0.25, 0.3) is 0 Å². The lowest BCUT2D eigenvalue weighted by atomic mass is 9.92. The number of morpholine rings is 1. The van der Waals surface area contributed by atoms with E-state index in [1.54, 1.807) is 24.3 Å². The van der Waals surface area contributed by atoms with E-state index in [2.05, 4.69) is 24.1 Å². The third kappa shape index (κ3) is 5.28. The summed E-state index contributed by atoms with van der Waals surface area (Å²) in [5.74, 6) is 1.14. The van der Waals surface area contributed by atoms with Crippen molar-refractivity contribution in [2.24, 2.45) is 11.8 Å². The molecule has 2 saturated heterocycles. The first-order valence-electron chi connectivity index (χ1n) is 9.55. The molecule has 2 atom stereocenters. The quantitative estimate of drug-likeness (QED) is 0.820. The van der Waals surface area contributed by atoms with E-state index < -0.39 is 10.0 Å². The van der Waals surface area contributed by atoms with Crippen LogP contribution in [0.5, 0.6) is 0 Å². The van der Waals surface area contributed by atoms with Crippen molar-refractivity contribution in [1.82, 2.24) is 9.21 Å². The molecule has 0 radical (unpaired) electrons. The Balaban J connectivity index is 1.58. The molecule has 27 heavy (non-hydrogen) atoms. The van der Waals surface area contributed by atoms with E-state index in [0.29, 0.717) is 50.4 Å². The molecular formula is C19H29N3O4S. The Kier molecular flexibility index (Phi) is 6.52. The molecule has 7 nitrogen and oxygen atoms in total. The van der Waals surface area contributed by atoms with Gasteiger partial charge in [0.2, 0.25) is 15.9 Å². The molecular weight excluding hydrogens is 366 g/mol. The van der Waals surface area contributed by atoms with Crippen molar-refractivity contribution in [2.75, 3.05) is 51.3 Å². The molecule has 0 bridgehead atoms. The van der Waals surface area contributed by atoms with Crippen molar-refractivity contribution in [3.63, 3.8) is 0 Å². The highest BCUT2D eigenvalue weighted by molar-refractivity contribution is 7.89. The average Bonchev–Trinajstić information content (AvgIpc) is 2.62. The minimum Gasteiger partial charge on any atom is -0.379 e. The summed E-state index contributed by atoms with van der Waals surface area (Å²) in [5, 5.41) is 2.87. The Morgan fingerprint density at radius 1 is 1.11 bits per heavy atom. The van der Waals surface area contributed by atoms with Crippen LogP contribution in [0.3, 0.4) is 0 Å². The molecule has 0 aliphatic carbocycles. The van der Waals surface area contributed by atoms with Crippen LogP contribution in [0.4, 0.5) is 5.69 Å². The summed E-state index contributed by atoms with van der Waals surface area (Å²) in [7, 11) is -3.51. The zero-order valence-electron chi connectivity index (χ0n) is 16.1. The second kappa shape index (κ2) is 8.68. The fraction of sp³-hybridized carbons (Fsp3) is 0.632. The number of rotatable bonds is 5. The molecule has 0 unspecified atom stereocenters. The standard InChI is InChI=1S/C19H29N3O4S/c1-15-11-16(2)13-21(12-15)14-19(23)20-17-3-5-18(6-4-17)27(24,25)22-7-9-26-10-8-22/h3-6,15-16H,7-14H2,1-2H3,(H,20,23)/t15-,16-/m1/s1. The number of hydrogen-bond donors (Lipinski definition) is 1. The van der Waals surface area contributed by atoms with Crippen LogP contribution in [-0.4, -0.2) is 69.5 Å². The van der Waals surface area contributed by atoms with Crippen LogP contribution < -0.4 is 5.32 Å². The van der Waals surface area contributed by atoms with Crippen LogP contribution in [0.2, 0.25) is 0 Å². The van der Waals surface area contributed by atoms with Gasteiger partial charge in [-0.05, 0) is 42.5 Å². The number of nitrogens with one attached hydrogen (secondary N) is 1. The number of piperidine rings is 1. The zero-order valence-corrected chi connectivity index (χ0v) is 16.9. The maximum Gasteiger partial charge on any atom is 0.243 e. The van der Waals surface area contributed by atoms with Crippen molar-refractivity contribution in [3.8, 4) is 0 Å². The van der Waals surface area contributed by atoms with Gasteiger partial charge in [0, 0.05) is 31.9 Å². The SMILES string of the molecule is C[C@@H]1C[C@@H](C)CN(CC(=O)Nc2ccc(S(=O)(=O)N3CCOCC3)cc2)C1. The van der Waals surface area contributed by atoms with E-state index in [0.717, 1.165) is 13.1 Å². The fourth-order valence-electron chi connectivity index (χ4n) is 3.97. The second-order valence-electron chi connectivity index (χ2n) is 7.73. The largest absolute Gasteiger partial charge is 0.379 e. The molecule has 150 valence electrons. The molecule has 1 aromatic carbocycles. The summed E-state index contributed by atoms with van der Waals surface area (Å²) in [6, 6.07) is 6.39. The molecule has 2 aliphatic rings. The van der Waals surface area contributed by atoms with Gasteiger partial charge in [-0.15, -0.1) is 0 Å². The number of hydrogen-bond acceptors (Lipinski definition) is 5. The van der Waals surface area contributed by atoms with Gasteiger partial charge in [0.05, 0.1) is 24.7 Å². The molecule has 0 spiro atoms. The summed E-state index contributed by atoms with van der Waals surface area (Å²) in [6.07, 6.45) is 1.21. The van der Waals surface area contributed by atoms with E-state index in [1.807, 2.05) is 0 Å². The third-order valence-corrected chi connectivity index (χ3v) is 6.97. The lowest BCUT2D eigenvalue weighted by molar-refractivity contribution is -0.117. The van der Waals surface area contributed by atoms with Gasteiger partial charge < -0.3 is 10.1 Å². The number of carbonyl (C=O) groups excluding carboxylic acids is 1. The monoisotopic (exact) mass is 395 g/mol. The molecule has 1 aromatic rings. The predicted octanol–water partition coefficient (Wildman–Crippen LogP) is 1.62. The summed E-state index contributed by atoms with van der Waals surface area (Å²) >= 11 is 0. The van der Waals surface area contributed by atoms with Crippen molar-refractivity contribution < 1.29 is 17.9 Å². The van der Waals surface area contributed by atoms with Gasteiger partial charge in [-0.2, -0.15) is 4.31 Å². The summed E-state index contributed by atoms with van der Waals surface area (Å²) < 4.78 is 31.9. The maximum absolute atomic E-state index is 12.6. The summed E-state index contributed by atoms with van der Waals surface area (Å²) in [5.41, 5.74) is 0.610. The van der Waals surface area contributed by atoms with Crippen molar-refractivity contribution in [2.45, 2.75) is 25.2 Å². The van der Waals surface area contributed by atoms with Gasteiger partial charge in [-0.3, -0.25) is 9.69 Å². The van der Waals surface area contributed by atoms with Crippen molar-refractivity contribution in [3.05, 3.63) is 24.3 Å². The summed E-state index contributed by atoms with van der Waals surface area (Å²) in [6.45, 7) is 8.25. The Labute approximate surface area is 161 Å². The molecule has 3 rings (SSSR count). The predicted molar refractivity (Wildman–Crippen MR) is 104 cm³/mol. The van der Waals surface area contributed by atoms with Crippen LogP contribution in [0.1, 0.15) is 20.3 Å². The number of ether oxygens (including phenoxy) is 1. The van der Waals surface area contributed by atoms with E-state index >= 15 is 0 Å². The highest BCUT2D eigenvalue weighted by atomic mass is 32.2. The van der Waals surface area contributed by atoms with E-state index in [9.17, 15) is 13.2 Å². The number of carbonyl (C=O) groups is 1. The number of amides is 1. The van der Waals surface area contributed by atoms with Gasteiger partial charge >= 0.3 is 0 Å². The Morgan fingerprint density at radius 2 is 1.70 bits per heavy atom. The molecule has 2 heterocycles. The molecule has 8 heteroatoms. The zero-order chi connectivity index (χ0) is 19.4. The highest BCUT2D eigenvalue weighted by Gasteiger charge is 2.26. The number of sulfonamides is 1. The van der Waals surface area contributed by atoms with E-state index in [1.165, 1.54) is 10.7 Å². The minimum absolute atomic E-state index is 0.0694. The van der Waals surface area contributed by atoms with Crippen LogP contribution in [-0.2, 0) is 19.6 Å². The fourth-order valence-corrected chi connectivity index (χ4v) is 5.38. The van der Waals surface area contributed by atoms with Gasteiger partial charge in [0.1, 0.15) is 0 Å². The van der Waals surface area contributed by atoms with Gasteiger partial charge in [0.15, 0.2) is 0 Å². The smallest absolute Gasteiger partial charge is 0.243 e. The topological polar surface area (TPSA) is 79.0 Å². The molecule has 0 saturated carbocycles. The lowest BCUT2D eigenvalue weighted by Gasteiger charge is -2.34. The van der Waals surface area contributed by atoms with Crippen molar-refractivity contribution >= 4 is 21.6 Å². The third-order valence-electron chi connectivity index (χ3n) is 5.06. The molecule has 2 aliphatic heterocycles.